The van der Waals surface area contributed by atoms with Crippen molar-refractivity contribution in [3.63, 3.8) is 0 Å². The first-order chi connectivity index (χ1) is 9.81. The van der Waals surface area contributed by atoms with Crippen molar-refractivity contribution in [1.82, 2.24) is 4.98 Å². The van der Waals surface area contributed by atoms with Gasteiger partial charge in [0.1, 0.15) is 0 Å². The number of halogens is 1. The number of nitrogens with zero attached hydrogens (tertiary/aromatic N) is 2. The summed E-state index contributed by atoms with van der Waals surface area (Å²) in [4.78, 5) is 4.32. The van der Waals surface area contributed by atoms with Gasteiger partial charge in [-0.2, -0.15) is 5.26 Å². The number of nitrogen functional groups attached to an aromatic ring is 1. The van der Waals surface area contributed by atoms with Gasteiger partial charge in [-0.25, -0.2) is 4.98 Å². The highest BCUT2D eigenvalue weighted by atomic mass is 127. The van der Waals surface area contributed by atoms with E-state index in [1.807, 2.05) is 18.3 Å². The molecule has 0 atom stereocenters. The van der Waals surface area contributed by atoms with E-state index >= 15 is 0 Å². The van der Waals surface area contributed by atoms with Gasteiger partial charge in [-0.15, -0.1) is 0 Å². The van der Waals surface area contributed by atoms with Crippen molar-refractivity contribution >= 4 is 28.3 Å². The van der Waals surface area contributed by atoms with Gasteiger partial charge < -0.3 is 10.5 Å². The molecule has 1 heterocycles. The van der Waals surface area contributed by atoms with Crippen LogP contribution in [0.1, 0.15) is 31.9 Å². The fraction of sp³-hybridized carbons (Fsp3) is 0.250. The lowest BCUT2D eigenvalue weighted by Gasteiger charge is -2.18. The molecule has 1 aromatic heterocycles. The maximum atomic E-state index is 8.91. The van der Waals surface area contributed by atoms with Gasteiger partial charge in [0.2, 0.25) is 5.88 Å². The number of hydrogen-bond donors (Lipinski definition) is 1. The minimum absolute atomic E-state index is 0.0490. The second-order valence-electron chi connectivity index (χ2n) is 5.73. The summed E-state index contributed by atoms with van der Waals surface area (Å²) in [7, 11) is 0. The zero-order valence-corrected chi connectivity index (χ0v) is 14.3. The molecule has 1 aromatic carbocycles. The van der Waals surface area contributed by atoms with E-state index in [2.05, 4.69) is 54.4 Å². The smallest absolute Gasteiger partial charge is 0.219 e. The Morgan fingerprint density at radius 1 is 1.29 bits per heavy atom. The van der Waals surface area contributed by atoms with Crippen LogP contribution in [0.5, 0.6) is 11.6 Å². The molecule has 0 spiro atoms. The van der Waals surface area contributed by atoms with Gasteiger partial charge in [0.15, 0.2) is 5.75 Å². The van der Waals surface area contributed by atoms with Crippen molar-refractivity contribution in [1.29, 1.82) is 5.26 Å². The molecule has 0 fully saturated rings. The number of nitrogens with two attached hydrogens (primary N) is 1. The molecule has 0 amide bonds. The van der Waals surface area contributed by atoms with Crippen LogP contribution < -0.4 is 10.5 Å². The van der Waals surface area contributed by atoms with Crippen LogP contribution in [-0.2, 0) is 5.41 Å². The first kappa shape index (κ1) is 15.6. The Labute approximate surface area is 138 Å². The molecule has 0 saturated carbocycles. The summed E-state index contributed by atoms with van der Waals surface area (Å²) < 4.78 is 6.54. The molecular formula is C16H16IN3O. The Kier molecular flexibility index (Phi) is 4.37. The van der Waals surface area contributed by atoms with Gasteiger partial charge in [-0.05, 0) is 45.7 Å². The number of rotatable bonds is 2. The Hall–Kier alpha value is -1.81. The molecule has 21 heavy (non-hydrogen) atoms. The van der Waals surface area contributed by atoms with E-state index in [1.54, 1.807) is 12.1 Å². The summed E-state index contributed by atoms with van der Waals surface area (Å²) in [5, 5.41) is 8.91. The zero-order valence-electron chi connectivity index (χ0n) is 12.1. The largest absolute Gasteiger partial charge is 0.436 e. The van der Waals surface area contributed by atoms with Crippen LogP contribution in [0.4, 0.5) is 5.69 Å². The van der Waals surface area contributed by atoms with Crippen molar-refractivity contribution in [3.05, 3.63) is 45.2 Å². The minimum atomic E-state index is 0.0490. The summed E-state index contributed by atoms with van der Waals surface area (Å²) in [5.74, 6) is 1.02. The third kappa shape index (κ3) is 3.64. The lowest BCUT2D eigenvalue weighted by molar-refractivity contribution is 0.460. The van der Waals surface area contributed by atoms with Crippen molar-refractivity contribution in [2.24, 2.45) is 0 Å². The van der Waals surface area contributed by atoms with Crippen LogP contribution in [0.25, 0.3) is 0 Å². The van der Waals surface area contributed by atoms with Crippen molar-refractivity contribution < 1.29 is 4.74 Å². The Bertz CT molecular complexity index is 674. The molecule has 2 N–H and O–H groups in total. The molecule has 0 unspecified atom stereocenters. The highest BCUT2D eigenvalue weighted by Gasteiger charge is 2.15. The lowest BCUT2D eigenvalue weighted by atomic mass is 9.88. The summed E-state index contributed by atoms with van der Waals surface area (Å²) in [6.07, 6.45) is 1.81. The molecule has 2 rings (SSSR count). The molecule has 0 radical (unpaired) electrons. The predicted molar refractivity (Wildman–Crippen MR) is 91.3 cm³/mol. The summed E-state index contributed by atoms with van der Waals surface area (Å²) in [6.45, 7) is 6.39. The predicted octanol–water partition coefficient (Wildman–Crippen LogP) is 4.23. The molecule has 4 nitrogen and oxygen atoms in total. The van der Waals surface area contributed by atoms with Crippen molar-refractivity contribution in [2.75, 3.05) is 5.73 Å². The molecule has 0 aliphatic carbocycles. The van der Waals surface area contributed by atoms with Crippen molar-refractivity contribution in [2.45, 2.75) is 26.2 Å². The number of ether oxygens (including phenoxy) is 1. The summed E-state index contributed by atoms with van der Waals surface area (Å²) in [5.41, 5.74) is 8.07. The zero-order chi connectivity index (χ0) is 15.6. The van der Waals surface area contributed by atoms with Crippen LogP contribution in [0, 0.1) is 14.9 Å². The molecule has 0 aliphatic heterocycles. The maximum absolute atomic E-state index is 8.91. The van der Waals surface area contributed by atoms with Gasteiger partial charge in [0.05, 0.1) is 20.9 Å². The van der Waals surface area contributed by atoms with Gasteiger partial charge in [0, 0.05) is 12.3 Å². The normalized spacial score (nSPS) is 11.0. The number of benzene rings is 1. The van der Waals surface area contributed by atoms with Crippen LogP contribution in [0.15, 0.2) is 30.5 Å². The third-order valence-electron chi connectivity index (χ3n) is 3.01. The fourth-order valence-corrected chi connectivity index (χ4v) is 2.53. The Balaban J connectivity index is 2.29. The van der Waals surface area contributed by atoms with E-state index in [-0.39, 0.29) is 5.41 Å². The Morgan fingerprint density at radius 3 is 2.48 bits per heavy atom. The van der Waals surface area contributed by atoms with Gasteiger partial charge in [-0.1, -0.05) is 26.8 Å². The quantitative estimate of drug-likeness (QED) is 0.612. The van der Waals surface area contributed by atoms with Crippen LogP contribution >= 0.6 is 22.6 Å². The first-order valence-electron chi connectivity index (χ1n) is 6.45. The summed E-state index contributed by atoms with van der Waals surface area (Å²) >= 11 is 2.10. The molecule has 5 heteroatoms. The van der Waals surface area contributed by atoms with E-state index in [0.717, 1.165) is 9.13 Å². The highest BCUT2D eigenvalue weighted by molar-refractivity contribution is 14.1. The van der Waals surface area contributed by atoms with E-state index in [0.29, 0.717) is 22.9 Å². The second-order valence-corrected chi connectivity index (χ2v) is 6.89. The van der Waals surface area contributed by atoms with E-state index in [4.69, 9.17) is 15.7 Å². The standard InChI is InChI=1S/C16H16IN3O/c1-16(2,3)11-4-5-14(20-9-11)21-15-12(17)6-10(8-18)7-13(15)19/h4-7,9H,19H2,1-3H3. The maximum Gasteiger partial charge on any atom is 0.219 e. The molecule has 0 saturated heterocycles. The van der Waals surface area contributed by atoms with E-state index < -0.39 is 0 Å². The average Bonchev–Trinajstić information content (AvgIpc) is 2.42. The van der Waals surface area contributed by atoms with E-state index in [1.165, 1.54) is 0 Å². The SMILES string of the molecule is CC(C)(C)c1ccc(Oc2c(N)cc(C#N)cc2I)nc1. The topological polar surface area (TPSA) is 71.9 Å². The number of aromatic nitrogens is 1. The van der Waals surface area contributed by atoms with Gasteiger partial charge in [-0.3, -0.25) is 0 Å². The van der Waals surface area contributed by atoms with Gasteiger partial charge in [0.25, 0.3) is 0 Å². The van der Waals surface area contributed by atoms with Crippen molar-refractivity contribution in [3.8, 4) is 17.7 Å². The van der Waals surface area contributed by atoms with Gasteiger partial charge >= 0.3 is 0 Å². The average molecular weight is 393 g/mol. The lowest BCUT2D eigenvalue weighted by Crippen LogP contribution is -2.11. The molecule has 0 bridgehead atoms. The number of hydrogen-bond acceptors (Lipinski definition) is 4. The van der Waals surface area contributed by atoms with Crippen LogP contribution in [0.2, 0.25) is 0 Å². The molecular weight excluding hydrogens is 377 g/mol. The monoisotopic (exact) mass is 393 g/mol. The van der Waals surface area contributed by atoms with E-state index in [9.17, 15) is 0 Å². The molecule has 108 valence electrons. The minimum Gasteiger partial charge on any atom is -0.436 e. The number of anilines is 1. The molecule has 0 aliphatic rings. The van der Waals surface area contributed by atoms with Crippen LogP contribution in [0.3, 0.4) is 0 Å². The second kappa shape index (κ2) is 5.90. The summed E-state index contributed by atoms with van der Waals surface area (Å²) in [6, 6.07) is 9.22. The number of pyridine rings is 1. The third-order valence-corrected chi connectivity index (χ3v) is 3.81. The Morgan fingerprint density at radius 2 is 2.00 bits per heavy atom. The molecule has 2 aromatic rings. The van der Waals surface area contributed by atoms with Crippen LogP contribution in [-0.4, -0.2) is 4.98 Å². The highest BCUT2D eigenvalue weighted by Crippen LogP contribution is 2.33. The first-order valence-corrected chi connectivity index (χ1v) is 7.52. The number of nitriles is 1. The fourth-order valence-electron chi connectivity index (χ4n) is 1.78.